The minimum absolute atomic E-state index is 0.0935. The van der Waals surface area contributed by atoms with Crippen molar-refractivity contribution >= 4 is 17.6 Å². The van der Waals surface area contributed by atoms with E-state index < -0.39 is 17.4 Å². The van der Waals surface area contributed by atoms with Crippen LogP contribution in [0.3, 0.4) is 0 Å². The first kappa shape index (κ1) is 21.0. The molecule has 146 valence electrons. The van der Waals surface area contributed by atoms with Crippen LogP contribution in [0.4, 0.5) is 0 Å². The van der Waals surface area contributed by atoms with E-state index in [0.717, 1.165) is 30.7 Å². The van der Waals surface area contributed by atoms with E-state index in [0.29, 0.717) is 6.54 Å². The molecule has 0 radical (unpaired) electrons. The molecular weight excluding hydrogens is 340 g/mol. The third-order valence-electron chi connectivity index (χ3n) is 5.03. The van der Waals surface area contributed by atoms with Gasteiger partial charge in [0.1, 0.15) is 5.54 Å². The Hall–Kier alpha value is -2.27. The van der Waals surface area contributed by atoms with Gasteiger partial charge in [-0.15, -0.1) is 0 Å². The lowest BCUT2D eigenvalue weighted by atomic mass is 9.86. The van der Waals surface area contributed by atoms with E-state index in [1.54, 1.807) is 20.8 Å². The number of carbonyl (C=O) groups excluding carboxylic acids is 3. The number of unbranched alkanes of at least 4 members (excludes halogenated alkanes) is 1. The Labute approximate surface area is 162 Å². The SMILES string of the molecule is CC(C)C(=O)[C@@](C)(CN(C)CCCCc1ccccc1)N1C(=O)C=CC1=O. The predicted molar refractivity (Wildman–Crippen MR) is 106 cm³/mol. The van der Waals surface area contributed by atoms with E-state index >= 15 is 0 Å². The number of nitrogens with zero attached hydrogens (tertiary/aromatic N) is 2. The van der Waals surface area contributed by atoms with Crippen molar-refractivity contribution in [2.24, 2.45) is 5.92 Å². The van der Waals surface area contributed by atoms with E-state index in [2.05, 4.69) is 12.1 Å². The Morgan fingerprint density at radius 1 is 1.07 bits per heavy atom. The summed E-state index contributed by atoms with van der Waals surface area (Å²) in [4.78, 5) is 40.5. The molecule has 1 aliphatic rings. The smallest absolute Gasteiger partial charge is 0.254 e. The van der Waals surface area contributed by atoms with Gasteiger partial charge in [0.2, 0.25) is 0 Å². The number of ketones is 1. The summed E-state index contributed by atoms with van der Waals surface area (Å²) in [6, 6.07) is 10.4. The number of benzene rings is 1. The molecular formula is C22H30N2O3. The molecule has 1 aromatic rings. The van der Waals surface area contributed by atoms with Gasteiger partial charge in [-0.1, -0.05) is 44.2 Å². The molecule has 27 heavy (non-hydrogen) atoms. The summed E-state index contributed by atoms with van der Waals surface area (Å²) in [6.07, 6.45) is 5.54. The number of hydrogen-bond acceptors (Lipinski definition) is 4. The van der Waals surface area contributed by atoms with Crippen LogP contribution in [0, 0.1) is 5.92 Å². The topological polar surface area (TPSA) is 57.7 Å². The predicted octanol–water partition coefficient (Wildman–Crippen LogP) is 2.85. The molecule has 0 N–H and O–H groups in total. The van der Waals surface area contributed by atoms with Crippen molar-refractivity contribution in [2.75, 3.05) is 20.1 Å². The molecule has 0 aromatic heterocycles. The van der Waals surface area contributed by atoms with Crippen molar-refractivity contribution in [2.45, 2.75) is 45.6 Å². The summed E-state index contributed by atoms with van der Waals surface area (Å²) in [7, 11) is 1.94. The lowest BCUT2D eigenvalue weighted by Gasteiger charge is -2.39. The summed E-state index contributed by atoms with van der Waals surface area (Å²) in [5.41, 5.74) is 0.166. The van der Waals surface area contributed by atoms with Crippen molar-refractivity contribution in [1.29, 1.82) is 0 Å². The molecule has 1 heterocycles. The lowest BCUT2D eigenvalue weighted by Crippen LogP contribution is -2.61. The van der Waals surface area contributed by atoms with E-state index in [1.807, 2.05) is 30.1 Å². The molecule has 0 bridgehead atoms. The van der Waals surface area contributed by atoms with Gasteiger partial charge in [0.25, 0.3) is 11.8 Å². The van der Waals surface area contributed by atoms with Crippen molar-refractivity contribution in [3.63, 3.8) is 0 Å². The Balaban J connectivity index is 1.97. The van der Waals surface area contributed by atoms with Crippen LogP contribution in [0.1, 0.15) is 39.2 Å². The second-order valence-corrected chi connectivity index (χ2v) is 7.82. The zero-order valence-electron chi connectivity index (χ0n) is 16.8. The van der Waals surface area contributed by atoms with Crippen molar-refractivity contribution in [3.05, 3.63) is 48.0 Å². The minimum atomic E-state index is -1.15. The van der Waals surface area contributed by atoms with Gasteiger partial charge >= 0.3 is 0 Å². The highest BCUT2D eigenvalue weighted by Crippen LogP contribution is 2.25. The second-order valence-electron chi connectivity index (χ2n) is 7.82. The molecule has 5 nitrogen and oxygen atoms in total. The molecule has 0 saturated heterocycles. The molecule has 1 aromatic carbocycles. The summed E-state index contributed by atoms with van der Waals surface area (Å²) in [5.74, 6) is -1.17. The molecule has 2 amide bonds. The first-order valence-electron chi connectivity index (χ1n) is 9.58. The summed E-state index contributed by atoms with van der Waals surface area (Å²) < 4.78 is 0. The van der Waals surface area contributed by atoms with Crippen LogP contribution in [-0.2, 0) is 20.8 Å². The number of Topliss-reactive ketones (excluding diaryl/α,β-unsaturated/α-hetero) is 1. The largest absolute Gasteiger partial charge is 0.304 e. The summed E-state index contributed by atoms with van der Waals surface area (Å²) >= 11 is 0. The highest BCUT2D eigenvalue weighted by Gasteiger charge is 2.47. The van der Waals surface area contributed by atoms with Gasteiger partial charge in [0, 0.05) is 24.6 Å². The van der Waals surface area contributed by atoms with Gasteiger partial charge in [-0.05, 0) is 45.3 Å². The quantitative estimate of drug-likeness (QED) is 0.469. The highest BCUT2D eigenvalue weighted by molar-refractivity contribution is 6.16. The van der Waals surface area contributed by atoms with Gasteiger partial charge < -0.3 is 4.90 Å². The average Bonchev–Trinajstić information content (AvgIpc) is 2.97. The van der Waals surface area contributed by atoms with E-state index in [1.165, 1.54) is 17.7 Å². The van der Waals surface area contributed by atoms with Crippen molar-refractivity contribution in [1.82, 2.24) is 9.80 Å². The van der Waals surface area contributed by atoms with Gasteiger partial charge in [-0.3, -0.25) is 19.3 Å². The first-order chi connectivity index (χ1) is 12.8. The highest BCUT2D eigenvalue weighted by atomic mass is 16.2. The molecule has 0 aliphatic carbocycles. The Morgan fingerprint density at radius 3 is 2.22 bits per heavy atom. The molecule has 0 saturated carbocycles. The fourth-order valence-electron chi connectivity index (χ4n) is 3.73. The van der Waals surface area contributed by atoms with Crippen LogP contribution < -0.4 is 0 Å². The van der Waals surface area contributed by atoms with Crippen molar-refractivity contribution in [3.8, 4) is 0 Å². The fourth-order valence-corrected chi connectivity index (χ4v) is 3.73. The van der Waals surface area contributed by atoms with E-state index in [4.69, 9.17) is 0 Å². The van der Waals surface area contributed by atoms with Crippen LogP contribution in [0.25, 0.3) is 0 Å². The average molecular weight is 370 g/mol. The molecule has 5 heteroatoms. The Kier molecular flexibility index (Phi) is 7.08. The number of imide groups is 1. The molecule has 2 rings (SSSR count). The van der Waals surface area contributed by atoms with Crippen LogP contribution >= 0.6 is 0 Å². The number of aryl methyl sites for hydroxylation is 1. The third-order valence-corrected chi connectivity index (χ3v) is 5.03. The molecule has 0 unspecified atom stereocenters. The Morgan fingerprint density at radius 2 is 1.67 bits per heavy atom. The third kappa shape index (κ3) is 5.13. The maximum absolute atomic E-state index is 12.9. The number of rotatable bonds is 10. The maximum Gasteiger partial charge on any atom is 0.254 e. The summed E-state index contributed by atoms with van der Waals surface area (Å²) in [5, 5.41) is 0. The summed E-state index contributed by atoms with van der Waals surface area (Å²) in [6.45, 7) is 6.46. The maximum atomic E-state index is 12.9. The van der Waals surface area contributed by atoms with Gasteiger partial charge in [-0.2, -0.15) is 0 Å². The Bertz CT molecular complexity index is 694. The van der Waals surface area contributed by atoms with Crippen LogP contribution in [0.5, 0.6) is 0 Å². The lowest BCUT2D eigenvalue weighted by molar-refractivity contribution is -0.152. The van der Waals surface area contributed by atoms with Gasteiger partial charge in [0.15, 0.2) is 5.78 Å². The van der Waals surface area contributed by atoms with Crippen molar-refractivity contribution < 1.29 is 14.4 Å². The van der Waals surface area contributed by atoms with Gasteiger partial charge in [-0.25, -0.2) is 0 Å². The number of likely N-dealkylation sites (N-methyl/N-ethyl adjacent to an activating group) is 1. The monoisotopic (exact) mass is 370 g/mol. The van der Waals surface area contributed by atoms with Crippen LogP contribution in [0.2, 0.25) is 0 Å². The normalized spacial score (nSPS) is 16.4. The number of carbonyl (C=O) groups is 3. The number of amides is 2. The fraction of sp³-hybridized carbons (Fsp3) is 0.500. The molecule has 0 fully saturated rings. The minimum Gasteiger partial charge on any atom is -0.304 e. The van der Waals surface area contributed by atoms with Gasteiger partial charge in [0.05, 0.1) is 0 Å². The number of hydrogen-bond donors (Lipinski definition) is 0. The second kappa shape index (κ2) is 9.09. The van der Waals surface area contributed by atoms with Crippen LogP contribution in [0.15, 0.2) is 42.5 Å². The van der Waals surface area contributed by atoms with Crippen LogP contribution in [-0.4, -0.2) is 53.1 Å². The molecule has 1 atom stereocenters. The zero-order chi connectivity index (χ0) is 20.0. The molecule has 1 aliphatic heterocycles. The first-order valence-corrected chi connectivity index (χ1v) is 9.58. The molecule has 0 spiro atoms. The zero-order valence-corrected chi connectivity index (χ0v) is 16.8. The van der Waals surface area contributed by atoms with E-state index in [-0.39, 0.29) is 11.7 Å². The standard InChI is InChI=1S/C22H30N2O3/c1-17(2)21(27)22(3,24-19(25)13-14-20(24)26)16-23(4)15-9-8-12-18-10-6-5-7-11-18/h5-7,10-11,13-14,17H,8-9,12,15-16H2,1-4H3/t22-/m1/s1. The van der Waals surface area contributed by atoms with E-state index in [9.17, 15) is 14.4 Å².